The molecule has 3 aromatic rings. The van der Waals surface area contributed by atoms with Crippen molar-refractivity contribution in [3.05, 3.63) is 54.0 Å². The molecule has 0 saturated carbocycles. The van der Waals surface area contributed by atoms with Gasteiger partial charge in [0.2, 0.25) is 11.8 Å². The first-order chi connectivity index (χ1) is 13.6. The quantitative estimate of drug-likeness (QED) is 0.625. The van der Waals surface area contributed by atoms with Crippen LogP contribution in [0.4, 0.5) is 11.8 Å². The number of anilines is 2. The number of amides is 2. The molecule has 0 radical (unpaired) electrons. The third-order valence-electron chi connectivity index (χ3n) is 4.75. The van der Waals surface area contributed by atoms with E-state index in [4.69, 9.17) is 5.73 Å². The Morgan fingerprint density at radius 1 is 1.14 bits per heavy atom. The molecule has 10 heteroatoms. The zero-order valence-corrected chi connectivity index (χ0v) is 15.1. The molecule has 2 amide bonds. The monoisotopic (exact) mass is 380 g/mol. The molecule has 0 atom stereocenters. The lowest BCUT2D eigenvalue weighted by Crippen LogP contribution is -2.40. The minimum Gasteiger partial charge on any atom is -0.366 e. The zero-order valence-electron chi connectivity index (χ0n) is 15.1. The fraction of sp³-hybridized carbons (Fsp3) is 0.278. The number of carbonyl (C=O) groups is 2. The summed E-state index contributed by atoms with van der Waals surface area (Å²) < 4.78 is 1.81. The number of nitrogens with zero attached hydrogens (tertiary/aromatic N) is 5. The number of piperidine rings is 1. The number of benzene rings is 1. The van der Waals surface area contributed by atoms with E-state index in [9.17, 15) is 9.59 Å². The smallest absolute Gasteiger partial charge is 0.291 e. The molecular formula is C18H20N8O2. The van der Waals surface area contributed by atoms with E-state index >= 15 is 0 Å². The van der Waals surface area contributed by atoms with Gasteiger partial charge >= 0.3 is 0 Å². The van der Waals surface area contributed by atoms with Gasteiger partial charge in [0.05, 0.1) is 12.2 Å². The number of hydrogen-bond donors (Lipinski definition) is 3. The first-order valence-corrected chi connectivity index (χ1v) is 8.99. The predicted molar refractivity (Wildman–Crippen MR) is 102 cm³/mol. The minimum absolute atomic E-state index is 0.0496. The molecule has 0 aliphatic carbocycles. The lowest BCUT2D eigenvalue weighted by atomic mass is 10.1. The van der Waals surface area contributed by atoms with Crippen molar-refractivity contribution in [3.8, 4) is 0 Å². The third-order valence-corrected chi connectivity index (χ3v) is 4.75. The summed E-state index contributed by atoms with van der Waals surface area (Å²) in [6.07, 6.45) is 3.09. The molecule has 1 aromatic carbocycles. The maximum absolute atomic E-state index is 12.4. The van der Waals surface area contributed by atoms with Crippen molar-refractivity contribution < 1.29 is 9.59 Å². The van der Waals surface area contributed by atoms with E-state index in [0.29, 0.717) is 37.3 Å². The van der Waals surface area contributed by atoms with E-state index < -0.39 is 0 Å². The molecule has 4 rings (SSSR count). The number of aromatic nitrogens is 5. The van der Waals surface area contributed by atoms with Gasteiger partial charge in [-0.15, -0.1) is 5.10 Å². The molecule has 3 heterocycles. The highest BCUT2D eigenvalue weighted by atomic mass is 16.2. The van der Waals surface area contributed by atoms with Crippen LogP contribution in [0.25, 0.3) is 0 Å². The van der Waals surface area contributed by atoms with Gasteiger partial charge in [0.15, 0.2) is 0 Å². The first-order valence-electron chi connectivity index (χ1n) is 8.99. The summed E-state index contributed by atoms with van der Waals surface area (Å²) in [5, 5.41) is 13.5. The van der Waals surface area contributed by atoms with Crippen LogP contribution >= 0.6 is 0 Å². The van der Waals surface area contributed by atoms with Crippen LogP contribution in [-0.2, 0) is 0 Å². The van der Waals surface area contributed by atoms with Crippen molar-refractivity contribution in [2.24, 2.45) is 0 Å². The molecule has 1 saturated heterocycles. The number of aromatic amines is 1. The fourth-order valence-electron chi connectivity index (χ4n) is 3.32. The Labute approximate surface area is 160 Å². The summed E-state index contributed by atoms with van der Waals surface area (Å²) in [6.45, 7) is 1.10. The Hall–Kier alpha value is -3.69. The average Bonchev–Trinajstić information content (AvgIpc) is 3.37. The molecule has 2 aromatic heterocycles. The predicted octanol–water partition coefficient (Wildman–Crippen LogP) is 1.31. The number of carbonyl (C=O) groups excluding carboxylic acids is 2. The zero-order chi connectivity index (χ0) is 19.5. The SMILES string of the molecule is Nc1n[nH]c(C(=O)N2CCC(n3nccc3NC(=O)c3ccccc3)CC2)n1. The number of nitrogens with one attached hydrogen (secondary N) is 2. The summed E-state index contributed by atoms with van der Waals surface area (Å²) in [6, 6.07) is 10.9. The molecule has 0 bridgehead atoms. The van der Waals surface area contributed by atoms with E-state index in [1.54, 1.807) is 29.3 Å². The Morgan fingerprint density at radius 3 is 2.57 bits per heavy atom. The minimum atomic E-state index is -0.222. The molecule has 0 unspecified atom stereocenters. The van der Waals surface area contributed by atoms with Gasteiger partial charge in [0, 0.05) is 24.7 Å². The Bertz CT molecular complexity index is 972. The maximum Gasteiger partial charge on any atom is 0.291 e. The van der Waals surface area contributed by atoms with E-state index in [2.05, 4.69) is 25.6 Å². The third kappa shape index (κ3) is 3.56. The number of hydrogen-bond acceptors (Lipinski definition) is 6. The van der Waals surface area contributed by atoms with E-state index in [1.807, 2.05) is 22.9 Å². The maximum atomic E-state index is 12.4. The van der Waals surface area contributed by atoms with Gasteiger partial charge in [0.25, 0.3) is 11.8 Å². The molecule has 1 aliphatic heterocycles. The highest BCUT2D eigenvalue weighted by Crippen LogP contribution is 2.26. The average molecular weight is 380 g/mol. The van der Waals surface area contributed by atoms with Crippen molar-refractivity contribution in [2.75, 3.05) is 24.1 Å². The highest BCUT2D eigenvalue weighted by Gasteiger charge is 2.27. The van der Waals surface area contributed by atoms with Crippen molar-refractivity contribution in [3.63, 3.8) is 0 Å². The van der Waals surface area contributed by atoms with Crippen molar-refractivity contribution in [1.82, 2.24) is 29.9 Å². The summed E-state index contributed by atoms with van der Waals surface area (Å²) in [7, 11) is 0. The van der Waals surface area contributed by atoms with Crippen molar-refractivity contribution >= 4 is 23.6 Å². The number of nitrogens with two attached hydrogens (primary N) is 1. The van der Waals surface area contributed by atoms with Crippen LogP contribution in [0.1, 0.15) is 39.9 Å². The Balaban J connectivity index is 1.40. The Kier molecular flexibility index (Phi) is 4.75. The second-order valence-corrected chi connectivity index (χ2v) is 6.55. The number of H-pyrrole nitrogens is 1. The highest BCUT2D eigenvalue weighted by molar-refractivity contribution is 6.03. The van der Waals surface area contributed by atoms with Gasteiger partial charge in [-0.3, -0.25) is 14.7 Å². The summed E-state index contributed by atoms with van der Waals surface area (Å²) >= 11 is 0. The van der Waals surface area contributed by atoms with Crippen LogP contribution in [0.5, 0.6) is 0 Å². The van der Waals surface area contributed by atoms with Crippen LogP contribution < -0.4 is 11.1 Å². The summed E-state index contributed by atoms with van der Waals surface area (Å²) in [5.41, 5.74) is 6.05. The van der Waals surface area contributed by atoms with Crippen LogP contribution in [0.2, 0.25) is 0 Å². The molecule has 1 fully saturated rings. The van der Waals surface area contributed by atoms with Crippen molar-refractivity contribution in [1.29, 1.82) is 0 Å². The largest absolute Gasteiger partial charge is 0.366 e. The van der Waals surface area contributed by atoms with Crippen LogP contribution in [0.15, 0.2) is 42.6 Å². The van der Waals surface area contributed by atoms with E-state index in [0.717, 1.165) is 0 Å². The van der Waals surface area contributed by atoms with Gasteiger partial charge in [-0.1, -0.05) is 18.2 Å². The molecule has 144 valence electrons. The van der Waals surface area contributed by atoms with Crippen LogP contribution in [0.3, 0.4) is 0 Å². The fourth-order valence-corrected chi connectivity index (χ4v) is 3.32. The van der Waals surface area contributed by atoms with E-state index in [-0.39, 0.29) is 29.6 Å². The van der Waals surface area contributed by atoms with Gasteiger partial charge < -0.3 is 16.0 Å². The molecule has 1 aliphatic rings. The van der Waals surface area contributed by atoms with Crippen LogP contribution in [-0.4, -0.2) is 54.8 Å². The Morgan fingerprint density at radius 2 is 1.89 bits per heavy atom. The standard InChI is InChI=1S/C18H20N8O2/c19-18-22-15(23-24-18)17(28)25-10-7-13(8-11-25)26-14(6-9-20-26)21-16(27)12-4-2-1-3-5-12/h1-6,9,13H,7-8,10-11H2,(H,21,27)(H3,19,22,23,24). The summed E-state index contributed by atoms with van der Waals surface area (Å²) in [4.78, 5) is 30.4. The van der Waals surface area contributed by atoms with Crippen LogP contribution in [0, 0.1) is 0 Å². The van der Waals surface area contributed by atoms with Gasteiger partial charge in [0.1, 0.15) is 5.82 Å². The molecular weight excluding hydrogens is 360 g/mol. The molecule has 28 heavy (non-hydrogen) atoms. The first kappa shape index (κ1) is 17.7. The number of likely N-dealkylation sites (tertiary alicyclic amines) is 1. The molecule has 0 spiro atoms. The topological polar surface area (TPSA) is 135 Å². The summed E-state index contributed by atoms with van der Waals surface area (Å²) in [5.74, 6) is 0.430. The lowest BCUT2D eigenvalue weighted by Gasteiger charge is -2.32. The normalized spacial score (nSPS) is 14.8. The van der Waals surface area contributed by atoms with Gasteiger partial charge in [-0.25, -0.2) is 4.68 Å². The number of rotatable bonds is 4. The van der Waals surface area contributed by atoms with Crippen molar-refractivity contribution in [2.45, 2.75) is 18.9 Å². The molecule has 10 nitrogen and oxygen atoms in total. The van der Waals surface area contributed by atoms with Gasteiger partial charge in [-0.2, -0.15) is 10.1 Å². The second kappa shape index (κ2) is 7.51. The lowest BCUT2D eigenvalue weighted by molar-refractivity contribution is 0.0679. The van der Waals surface area contributed by atoms with E-state index in [1.165, 1.54) is 0 Å². The number of nitrogen functional groups attached to an aromatic ring is 1. The second-order valence-electron chi connectivity index (χ2n) is 6.55. The van der Waals surface area contributed by atoms with Gasteiger partial charge in [-0.05, 0) is 25.0 Å². The molecule has 4 N–H and O–H groups in total.